The molecule has 0 bridgehead atoms. The van der Waals surface area contributed by atoms with Gasteiger partial charge in [-0.15, -0.1) is 0 Å². The molecule has 0 N–H and O–H groups in total. The Morgan fingerprint density at radius 2 is 2.25 bits per heavy atom. The van der Waals surface area contributed by atoms with E-state index in [9.17, 15) is 0 Å². The van der Waals surface area contributed by atoms with E-state index in [0.29, 0.717) is 0 Å². The van der Waals surface area contributed by atoms with Gasteiger partial charge in [-0.05, 0) is 23.3 Å². The number of halogens is 1. The summed E-state index contributed by atoms with van der Waals surface area (Å²) >= 11 is 3.44. The molecule has 0 aliphatic carbocycles. The molecule has 1 aliphatic heterocycles. The average molecular weight is 222 g/mol. The van der Waals surface area contributed by atoms with Crippen molar-refractivity contribution in [2.45, 2.75) is 6.42 Å². The molecule has 0 saturated carbocycles. The van der Waals surface area contributed by atoms with Crippen LogP contribution in [0.15, 0.2) is 39.9 Å². The molecule has 2 rings (SSSR count). The Morgan fingerprint density at radius 1 is 1.33 bits per heavy atom. The zero-order chi connectivity index (χ0) is 8.39. The molecule has 60 valence electrons. The van der Waals surface area contributed by atoms with Gasteiger partial charge in [-0.2, -0.15) is 0 Å². The number of rotatable bonds is 1. The highest BCUT2D eigenvalue weighted by Gasteiger charge is 2.03. The minimum atomic E-state index is 0.955. The van der Waals surface area contributed by atoms with Crippen molar-refractivity contribution in [3.8, 4) is 0 Å². The van der Waals surface area contributed by atoms with Gasteiger partial charge in [-0.3, -0.25) is 4.99 Å². The number of aliphatic imine (C=N–C) groups is 1. The molecule has 1 heterocycles. The van der Waals surface area contributed by atoms with E-state index in [4.69, 9.17) is 0 Å². The molecular weight excluding hydrogens is 214 g/mol. The first kappa shape index (κ1) is 7.74. The predicted octanol–water partition coefficient (Wildman–Crippen LogP) is 3.26. The monoisotopic (exact) mass is 221 g/mol. The lowest BCUT2D eigenvalue weighted by Gasteiger charge is -2.00. The Bertz CT molecular complexity index is 353. The highest BCUT2D eigenvalue weighted by atomic mass is 79.9. The lowest BCUT2D eigenvalue weighted by molar-refractivity contribution is 1.50. The summed E-state index contributed by atoms with van der Waals surface area (Å²) in [4.78, 5) is 4.07. The van der Waals surface area contributed by atoms with Crippen molar-refractivity contribution in [2.24, 2.45) is 4.99 Å². The Balaban J connectivity index is 2.35. The van der Waals surface area contributed by atoms with Crippen molar-refractivity contribution >= 4 is 27.7 Å². The van der Waals surface area contributed by atoms with Crippen LogP contribution < -0.4 is 0 Å². The van der Waals surface area contributed by atoms with Gasteiger partial charge < -0.3 is 0 Å². The van der Waals surface area contributed by atoms with Crippen LogP contribution in [0.3, 0.4) is 0 Å². The van der Waals surface area contributed by atoms with Gasteiger partial charge in [-0.25, -0.2) is 0 Å². The first-order valence-corrected chi connectivity index (χ1v) is 4.62. The molecule has 2 heteroatoms. The molecule has 1 aromatic rings. The van der Waals surface area contributed by atoms with E-state index in [0.717, 1.165) is 10.9 Å². The van der Waals surface area contributed by atoms with Gasteiger partial charge in [0.1, 0.15) is 0 Å². The van der Waals surface area contributed by atoms with Crippen LogP contribution in [0.1, 0.15) is 12.0 Å². The summed E-state index contributed by atoms with van der Waals surface area (Å²) in [5.41, 5.74) is 2.54. The third-order valence-corrected chi connectivity index (χ3v) is 2.34. The summed E-state index contributed by atoms with van der Waals surface area (Å²) in [6.45, 7) is 0. The number of hydrogen-bond acceptors (Lipinski definition) is 1. The summed E-state index contributed by atoms with van der Waals surface area (Å²) in [7, 11) is 0. The first-order valence-electron chi connectivity index (χ1n) is 3.83. The molecule has 0 aromatic heterocycles. The van der Waals surface area contributed by atoms with Crippen LogP contribution in [0.5, 0.6) is 0 Å². The van der Waals surface area contributed by atoms with Crippen LogP contribution in [0, 0.1) is 0 Å². The van der Waals surface area contributed by atoms with E-state index in [1.165, 1.54) is 11.1 Å². The topological polar surface area (TPSA) is 12.4 Å². The average Bonchev–Trinajstić information content (AvgIpc) is 2.56. The lowest BCUT2D eigenvalue weighted by Crippen LogP contribution is -1.80. The number of allylic oxidation sites excluding steroid dienone is 1. The SMILES string of the molecule is Brc1cccc(C2=CN=CC2)c1. The normalized spacial score (nSPS) is 14.9. The van der Waals surface area contributed by atoms with Crippen molar-refractivity contribution in [1.29, 1.82) is 0 Å². The van der Waals surface area contributed by atoms with Crippen LogP contribution in [0.2, 0.25) is 0 Å². The fourth-order valence-electron chi connectivity index (χ4n) is 1.23. The zero-order valence-electron chi connectivity index (χ0n) is 6.50. The van der Waals surface area contributed by atoms with Crippen molar-refractivity contribution in [3.05, 3.63) is 40.5 Å². The second-order valence-electron chi connectivity index (χ2n) is 2.70. The van der Waals surface area contributed by atoms with Gasteiger partial charge in [0.2, 0.25) is 0 Å². The summed E-state index contributed by atoms with van der Waals surface area (Å²) in [6, 6.07) is 8.28. The van der Waals surface area contributed by atoms with E-state index in [2.05, 4.69) is 33.1 Å². The van der Waals surface area contributed by atoms with E-state index < -0.39 is 0 Å². The molecule has 12 heavy (non-hydrogen) atoms. The smallest absolute Gasteiger partial charge is 0.0305 e. The molecular formula is C10H8BrN. The van der Waals surface area contributed by atoms with E-state index in [1.54, 1.807) is 0 Å². The van der Waals surface area contributed by atoms with Gasteiger partial charge in [0.25, 0.3) is 0 Å². The number of benzene rings is 1. The molecule has 0 saturated heterocycles. The molecule has 1 nitrogen and oxygen atoms in total. The zero-order valence-corrected chi connectivity index (χ0v) is 8.08. The quantitative estimate of drug-likeness (QED) is 0.691. The molecule has 1 aromatic carbocycles. The van der Waals surface area contributed by atoms with Crippen LogP contribution >= 0.6 is 15.9 Å². The summed E-state index contributed by atoms with van der Waals surface area (Å²) in [6.07, 6.45) is 4.80. The Hall–Kier alpha value is -0.890. The van der Waals surface area contributed by atoms with Crippen molar-refractivity contribution < 1.29 is 0 Å². The maximum Gasteiger partial charge on any atom is 0.0305 e. The molecule has 0 spiro atoms. The molecule has 0 radical (unpaired) electrons. The van der Waals surface area contributed by atoms with Gasteiger partial charge in [-0.1, -0.05) is 28.1 Å². The van der Waals surface area contributed by atoms with E-state index in [-0.39, 0.29) is 0 Å². The Morgan fingerprint density at radius 3 is 2.92 bits per heavy atom. The maximum atomic E-state index is 4.07. The van der Waals surface area contributed by atoms with Crippen LogP contribution in [0.4, 0.5) is 0 Å². The Labute approximate surface area is 80.0 Å². The number of hydrogen-bond donors (Lipinski definition) is 0. The molecule has 0 amide bonds. The van der Waals surface area contributed by atoms with Gasteiger partial charge in [0, 0.05) is 23.3 Å². The van der Waals surface area contributed by atoms with E-state index >= 15 is 0 Å². The lowest BCUT2D eigenvalue weighted by atomic mass is 10.1. The fraction of sp³-hybridized carbons (Fsp3) is 0.100. The van der Waals surface area contributed by atoms with Crippen molar-refractivity contribution in [3.63, 3.8) is 0 Å². The second kappa shape index (κ2) is 3.23. The van der Waals surface area contributed by atoms with Gasteiger partial charge in [0.05, 0.1) is 0 Å². The molecule has 1 aliphatic rings. The van der Waals surface area contributed by atoms with Crippen molar-refractivity contribution in [2.75, 3.05) is 0 Å². The van der Waals surface area contributed by atoms with Crippen molar-refractivity contribution in [1.82, 2.24) is 0 Å². The minimum absolute atomic E-state index is 0.955. The highest BCUT2D eigenvalue weighted by molar-refractivity contribution is 9.10. The van der Waals surface area contributed by atoms with E-state index in [1.807, 2.05) is 24.5 Å². The van der Waals surface area contributed by atoms with Crippen LogP contribution in [-0.2, 0) is 0 Å². The summed E-state index contributed by atoms with van der Waals surface area (Å²) < 4.78 is 1.12. The van der Waals surface area contributed by atoms with Crippen LogP contribution in [0.25, 0.3) is 5.57 Å². The van der Waals surface area contributed by atoms with Gasteiger partial charge >= 0.3 is 0 Å². The largest absolute Gasteiger partial charge is 0.268 e. The van der Waals surface area contributed by atoms with Crippen LogP contribution in [-0.4, -0.2) is 6.21 Å². The van der Waals surface area contributed by atoms with Gasteiger partial charge in [0.15, 0.2) is 0 Å². The molecule has 0 fully saturated rings. The second-order valence-corrected chi connectivity index (χ2v) is 3.62. The standard InChI is InChI=1S/C10H8BrN/c11-10-3-1-2-8(6-10)9-4-5-12-7-9/h1-3,5-7H,4H2. The summed E-state index contributed by atoms with van der Waals surface area (Å²) in [5.74, 6) is 0. The fourth-order valence-corrected chi connectivity index (χ4v) is 1.63. The third-order valence-electron chi connectivity index (χ3n) is 1.84. The highest BCUT2D eigenvalue weighted by Crippen LogP contribution is 2.23. The Kier molecular flexibility index (Phi) is 2.09. The first-order chi connectivity index (χ1) is 5.86. The number of nitrogens with zero attached hydrogens (tertiary/aromatic N) is 1. The predicted molar refractivity (Wildman–Crippen MR) is 55.2 cm³/mol. The molecule has 0 unspecified atom stereocenters. The third kappa shape index (κ3) is 1.48. The minimum Gasteiger partial charge on any atom is -0.268 e. The molecule has 0 atom stereocenters. The summed E-state index contributed by atoms with van der Waals surface area (Å²) in [5, 5.41) is 0. The maximum absolute atomic E-state index is 4.07.